The van der Waals surface area contributed by atoms with Gasteiger partial charge in [-0.3, -0.25) is 9.89 Å². The topological polar surface area (TPSA) is 75.0 Å². The van der Waals surface area contributed by atoms with Crippen LogP contribution < -0.4 is 5.73 Å². The number of rotatable bonds is 3. The van der Waals surface area contributed by atoms with E-state index >= 15 is 0 Å². The van der Waals surface area contributed by atoms with Crippen molar-refractivity contribution in [2.45, 2.75) is 31.2 Å². The molecule has 1 aromatic heterocycles. The van der Waals surface area contributed by atoms with Gasteiger partial charge in [0.1, 0.15) is 0 Å². The number of aromatic amines is 1. The van der Waals surface area contributed by atoms with Crippen LogP contribution in [0.4, 0.5) is 0 Å². The van der Waals surface area contributed by atoms with Crippen molar-refractivity contribution in [1.29, 1.82) is 0 Å². The van der Waals surface area contributed by atoms with Gasteiger partial charge in [0.15, 0.2) is 0 Å². The molecule has 0 aliphatic carbocycles. The summed E-state index contributed by atoms with van der Waals surface area (Å²) in [6.45, 7) is 1.46. The summed E-state index contributed by atoms with van der Waals surface area (Å²) >= 11 is 0. The molecule has 0 spiro atoms. The molecule has 0 bridgehead atoms. The van der Waals surface area contributed by atoms with E-state index < -0.39 is 6.04 Å². The average molecular weight is 246 g/mol. The zero-order valence-electron chi connectivity index (χ0n) is 10.3. The maximum Gasteiger partial charge on any atom is 0.240 e. The number of piperidine rings is 1. The quantitative estimate of drug-likeness (QED) is 0.761. The maximum atomic E-state index is 12.1. The number of carbonyl (C=O) groups excluding carboxylic acids is 1. The number of amides is 1. The number of nitrogens with two attached hydrogens (primary N) is 1. The molecule has 2 rings (SSSR count). The van der Waals surface area contributed by atoms with Crippen LogP contribution in [-0.4, -0.2) is 40.1 Å². The molecule has 1 aromatic rings. The monoisotopic (exact) mass is 246 g/mol. The van der Waals surface area contributed by atoms with E-state index in [1.807, 2.05) is 11.0 Å². The van der Waals surface area contributed by atoms with E-state index in [2.05, 4.69) is 16.1 Å². The van der Waals surface area contributed by atoms with Crippen molar-refractivity contribution in [1.82, 2.24) is 15.1 Å². The van der Waals surface area contributed by atoms with Gasteiger partial charge in [0.05, 0.1) is 6.04 Å². The predicted octanol–water partition coefficient (Wildman–Crippen LogP) is 0.466. The number of terminal acetylenes is 1. The van der Waals surface area contributed by atoms with Gasteiger partial charge in [-0.25, -0.2) is 0 Å². The summed E-state index contributed by atoms with van der Waals surface area (Å²) in [5.74, 6) is 2.72. The summed E-state index contributed by atoms with van der Waals surface area (Å²) in [7, 11) is 0. The molecule has 96 valence electrons. The largest absolute Gasteiger partial charge is 0.341 e. The number of nitrogens with one attached hydrogen (secondary N) is 1. The average Bonchev–Trinajstić information content (AvgIpc) is 2.92. The summed E-state index contributed by atoms with van der Waals surface area (Å²) in [4.78, 5) is 13.9. The first kappa shape index (κ1) is 12.7. The number of aromatic nitrogens is 2. The lowest BCUT2D eigenvalue weighted by Crippen LogP contribution is -2.47. The van der Waals surface area contributed by atoms with Gasteiger partial charge in [-0.15, -0.1) is 12.3 Å². The van der Waals surface area contributed by atoms with E-state index in [1.54, 1.807) is 6.20 Å². The molecule has 3 N–H and O–H groups in total. The van der Waals surface area contributed by atoms with Crippen molar-refractivity contribution >= 4 is 5.91 Å². The van der Waals surface area contributed by atoms with Gasteiger partial charge in [0, 0.05) is 37.3 Å². The normalized spacial score (nSPS) is 21.3. The molecule has 2 unspecified atom stereocenters. The first-order valence-corrected chi connectivity index (χ1v) is 6.19. The highest BCUT2D eigenvalue weighted by molar-refractivity contribution is 5.82. The molecule has 18 heavy (non-hydrogen) atoms. The number of likely N-dealkylation sites (tertiary alicyclic amines) is 1. The lowest BCUT2D eigenvalue weighted by atomic mass is 9.94. The minimum atomic E-state index is -0.574. The van der Waals surface area contributed by atoms with Crippen molar-refractivity contribution in [3.05, 3.63) is 18.0 Å². The molecule has 0 aromatic carbocycles. The lowest BCUT2D eigenvalue weighted by molar-refractivity contribution is -0.133. The predicted molar refractivity (Wildman–Crippen MR) is 68.6 cm³/mol. The van der Waals surface area contributed by atoms with E-state index in [0.29, 0.717) is 18.9 Å². The van der Waals surface area contributed by atoms with Crippen LogP contribution in [0, 0.1) is 12.3 Å². The molecule has 1 aliphatic heterocycles. The maximum absolute atomic E-state index is 12.1. The van der Waals surface area contributed by atoms with Gasteiger partial charge >= 0.3 is 0 Å². The number of hydrogen-bond donors (Lipinski definition) is 2. The highest BCUT2D eigenvalue weighted by Crippen LogP contribution is 2.25. The van der Waals surface area contributed by atoms with Crippen molar-refractivity contribution in [2.75, 3.05) is 13.1 Å². The standard InChI is InChI=1S/C13H18N4O/c1-2-4-11(14)13(18)17-8-3-5-10(9-17)12-6-7-15-16-12/h1,6-7,10-11H,3-5,8-9,14H2,(H,15,16). The third kappa shape index (κ3) is 2.71. The third-order valence-corrected chi connectivity index (χ3v) is 3.35. The Morgan fingerprint density at radius 3 is 3.28 bits per heavy atom. The van der Waals surface area contributed by atoms with Crippen LogP contribution in [0.25, 0.3) is 0 Å². The van der Waals surface area contributed by atoms with Crippen LogP contribution in [0.15, 0.2) is 12.3 Å². The van der Waals surface area contributed by atoms with E-state index in [4.69, 9.17) is 12.2 Å². The summed E-state index contributed by atoms with van der Waals surface area (Å²) in [6, 6.07) is 1.38. The van der Waals surface area contributed by atoms with Gasteiger partial charge in [0.2, 0.25) is 5.91 Å². The SMILES string of the molecule is C#CCC(N)C(=O)N1CCCC(c2ccn[nH]2)C1. The van der Waals surface area contributed by atoms with E-state index in [0.717, 1.165) is 25.1 Å². The zero-order chi connectivity index (χ0) is 13.0. The molecular weight excluding hydrogens is 228 g/mol. The Morgan fingerprint density at radius 1 is 1.78 bits per heavy atom. The smallest absolute Gasteiger partial charge is 0.240 e. The van der Waals surface area contributed by atoms with Gasteiger partial charge in [0.25, 0.3) is 0 Å². The molecule has 0 saturated carbocycles. The Hall–Kier alpha value is -1.80. The van der Waals surface area contributed by atoms with Gasteiger partial charge in [-0.2, -0.15) is 5.10 Å². The van der Waals surface area contributed by atoms with Crippen molar-refractivity contribution in [2.24, 2.45) is 5.73 Å². The number of hydrogen-bond acceptors (Lipinski definition) is 3. The number of carbonyl (C=O) groups is 1. The second-order valence-electron chi connectivity index (χ2n) is 4.65. The van der Waals surface area contributed by atoms with Gasteiger partial charge in [-0.1, -0.05) is 0 Å². The zero-order valence-corrected chi connectivity index (χ0v) is 10.3. The molecule has 5 nitrogen and oxygen atoms in total. The molecular formula is C13H18N4O. The molecule has 5 heteroatoms. The number of H-pyrrole nitrogens is 1. The van der Waals surface area contributed by atoms with Crippen LogP contribution in [0.5, 0.6) is 0 Å². The minimum absolute atomic E-state index is 0.0443. The molecule has 1 saturated heterocycles. The summed E-state index contributed by atoms with van der Waals surface area (Å²) in [5, 5.41) is 6.92. The second kappa shape index (κ2) is 5.69. The molecule has 0 radical (unpaired) electrons. The number of nitrogens with zero attached hydrogens (tertiary/aromatic N) is 2. The van der Waals surface area contributed by atoms with E-state index in [9.17, 15) is 4.79 Å². The lowest BCUT2D eigenvalue weighted by Gasteiger charge is -2.33. The fourth-order valence-electron chi connectivity index (χ4n) is 2.37. The molecule has 1 amide bonds. The molecule has 2 heterocycles. The molecule has 2 atom stereocenters. The first-order chi connectivity index (χ1) is 8.72. The molecule has 1 fully saturated rings. The van der Waals surface area contributed by atoms with Crippen LogP contribution >= 0.6 is 0 Å². The van der Waals surface area contributed by atoms with E-state index in [1.165, 1.54) is 0 Å². The Bertz CT molecular complexity index is 434. The summed E-state index contributed by atoms with van der Waals surface area (Å²) < 4.78 is 0. The Kier molecular flexibility index (Phi) is 4.00. The van der Waals surface area contributed by atoms with Crippen LogP contribution in [0.3, 0.4) is 0 Å². The van der Waals surface area contributed by atoms with Crippen LogP contribution in [0.2, 0.25) is 0 Å². The van der Waals surface area contributed by atoms with E-state index in [-0.39, 0.29) is 5.91 Å². The highest BCUT2D eigenvalue weighted by Gasteiger charge is 2.27. The fraction of sp³-hybridized carbons (Fsp3) is 0.538. The van der Waals surface area contributed by atoms with Crippen molar-refractivity contribution < 1.29 is 4.79 Å². The van der Waals surface area contributed by atoms with Crippen molar-refractivity contribution in [3.8, 4) is 12.3 Å². The van der Waals surface area contributed by atoms with Gasteiger partial charge < -0.3 is 10.6 Å². The summed E-state index contributed by atoms with van der Waals surface area (Å²) in [5.41, 5.74) is 6.85. The van der Waals surface area contributed by atoms with Crippen LogP contribution in [0.1, 0.15) is 30.9 Å². The summed E-state index contributed by atoms with van der Waals surface area (Å²) in [6.07, 6.45) is 9.27. The Labute approximate surface area is 107 Å². The Balaban J connectivity index is 1.99. The third-order valence-electron chi connectivity index (χ3n) is 3.35. The van der Waals surface area contributed by atoms with Gasteiger partial charge in [-0.05, 0) is 18.9 Å². The minimum Gasteiger partial charge on any atom is -0.341 e. The molecule has 1 aliphatic rings. The fourth-order valence-corrected chi connectivity index (χ4v) is 2.37. The van der Waals surface area contributed by atoms with Crippen molar-refractivity contribution in [3.63, 3.8) is 0 Å². The second-order valence-corrected chi connectivity index (χ2v) is 4.65. The Morgan fingerprint density at radius 2 is 2.61 bits per heavy atom. The van der Waals surface area contributed by atoms with Crippen LogP contribution in [-0.2, 0) is 4.79 Å². The highest BCUT2D eigenvalue weighted by atomic mass is 16.2. The first-order valence-electron chi connectivity index (χ1n) is 6.19.